The number of alkyl halides is 3. The molecule has 1 saturated carbocycles. The summed E-state index contributed by atoms with van der Waals surface area (Å²) in [4.78, 5) is 19.4. The van der Waals surface area contributed by atoms with Gasteiger partial charge in [-0.15, -0.1) is 10.2 Å². The van der Waals surface area contributed by atoms with Gasteiger partial charge in [0.25, 0.3) is 0 Å². The molecular formula is C27H29F3N8O. The van der Waals surface area contributed by atoms with Crippen LogP contribution in [0.3, 0.4) is 0 Å². The Morgan fingerprint density at radius 1 is 1.08 bits per heavy atom. The van der Waals surface area contributed by atoms with Crippen LogP contribution in [0.1, 0.15) is 61.3 Å². The first-order valence-corrected chi connectivity index (χ1v) is 12.6. The Labute approximate surface area is 224 Å². The summed E-state index contributed by atoms with van der Waals surface area (Å²) in [6.45, 7) is 5.98. The lowest BCUT2D eigenvalue weighted by atomic mass is 10.1. The first-order valence-electron chi connectivity index (χ1n) is 12.6. The Bertz CT molecular complexity index is 1480. The number of aryl methyl sites for hydroxylation is 1. The molecule has 0 spiro atoms. The van der Waals surface area contributed by atoms with Gasteiger partial charge in [0, 0.05) is 37.3 Å². The van der Waals surface area contributed by atoms with Gasteiger partial charge in [0.2, 0.25) is 5.88 Å². The fourth-order valence-electron chi connectivity index (χ4n) is 4.50. The van der Waals surface area contributed by atoms with Crippen LogP contribution >= 0.6 is 0 Å². The molecule has 0 amide bonds. The van der Waals surface area contributed by atoms with E-state index in [1.807, 2.05) is 44.9 Å². The van der Waals surface area contributed by atoms with E-state index in [9.17, 15) is 13.2 Å². The zero-order valence-corrected chi connectivity index (χ0v) is 22.4. The smallest absolute Gasteiger partial charge is 0.434 e. The number of aromatic nitrogens is 7. The van der Waals surface area contributed by atoms with Crippen LogP contribution in [0.25, 0.3) is 22.8 Å². The number of halogens is 3. The van der Waals surface area contributed by atoms with E-state index in [0.717, 1.165) is 30.3 Å². The number of anilines is 1. The molecule has 12 heteroatoms. The fourth-order valence-corrected chi connectivity index (χ4v) is 4.50. The predicted octanol–water partition coefficient (Wildman–Crippen LogP) is 5.62. The summed E-state index contributed by atoms with van der Waals surface area (Å²) < 4.78 is 46.9. The summed E-state index contributed by atoms with van der Waals surface area (Å²) in [5.41, 5.74) is 2.83. The van der Waals surface area contributed by atoms with Crippen LogP contribution in [-0.4, -0.2) is 48.9 Å². The van der Waals surface area contributed by atoms with Crippen molar-refractivity contribution in [2.24, 2.45) is 0 Å². The van der Waals surface area contributed by atoms with Crippen molar-refractivity contribution < 1.29 is 17.9 Å². The molecule has 39 heavy (non-hydrogen) atoms. The van der Waals surface area contributed by atoms with Gasteiger partial charge in [-0.25, -0.2) is 19.9 Å². The van der Waals surface area contributed by atoms with E-state index in [4.69, 9.17) is 9.72 Å². The predicted molar refractivity (Wildman–Crippen MR) is 139 cm³/mol. The maximum Gasteiger partial charge on any atom is 0.434 e. The summed E-state index contributed by atoms with van der Waals surface area (Å²) in [7, 11) is 3.45. The lowest BCUT2D eigenvalue weighted by Crippen LogP contribution is -2.20. The lowest BCUT2D eigenvalue weighted by Gasteiger charge is -2.20. The van der Waals surface area contributed by atoms with Crippen LogP contribution in [0.4, 0.5) is 19.0 Å². The van der Waals surface area contributed by atoms with Crippen molar-refractivity contribution in [3.8, 4) is 28.7 Å². The third kappa shape index (κ3) is 5.41. The number of rotatable bonds is 8. The minimum atomic E-state index is -4.50. The average molecular weight is 539 g/mol. The van der Waals surface area contributed by atoms with E-state index in [1.165, 1.54) is 6.33 Å². The standard InChI is InChI=1S/C27H29F3N8O/c1-15(2)38-13-20(27(28,29)30)33-25(38)19-8-6-17(7-9-19)12-37(4)24-16(3)35-36-23(34-24)21-22(18-10-11-18)31-14-32-26(21)39-5/h6-9,13-15,18H,10-12H2,1-5H3. The summed E-state index contributed by atoms with van der Waals surface area (Å²) in [6, 6.07) is 7.15. The molecule has 1 aliphatic rings. The molecule has 5 rings (SSSR count). The molecule has 0 bridgehead atoms. The van der Waals surface area contributed by atoms with Crippen LogP contribution in [0.15, 0.2) is 36.8 Å². The molecule has 3 aromatic heterocycles. The molecule has 1 aromatic carbocycles. The zero-order chi connectivity index (χ0) is 27.9. The van der Waals surface area contributed by atoms with Gasteiger partial charge in [0.1, 0.15) is 23.4 Å². The summed E-state index contributed by atoms with van der Waals surface area (Å²) in [5, 5.41) is 8.68. The SMILES string of the molecule is COc1ncnc(C2CC2)c1-c1nnc(C)c(N(C)Cc2ccc(-c3nc(C(F)(F)F)cn3C(C)C)cc2)n1. The third-order valence-electron chi connectivity index (χ3n) is 6.63. The topological polar surface area (TPSA) is 94.7 Å². The highest BCUT2D eigenvalue weighted by Gasteiger charge is 2.35. The van der Waals surface area contributed by atoms with Gasteiger partial charge < -0.3 is 14.2 Å². The number of imidazole rings is 1. The summed E-state index contributed by atoms with van der Waals surface area (Å²) in [6.07, 6.45) is 0.140. The van der Waals surface area contributed by atoms with E-state index >= 15 is 0 Å². The normalized spacial score (nSPS) is 13.7. The first kappa shape index (κ1) is 26.5. The largest absolute Gasteiger partial charge is 0.480 e. The van der Waals surface area contributed by atoms with Crippen LogP contribution < -0.4 is 9.64 Å². The second-order valence-electron chi connectivity index (χ2n) is 9.96. The molecule has 0 unspecified atom stereocenters. The molecule has 0 N–H and O–H groups in total. The molecule has 204 valence electrons. The van der Waals surface area contributed by atoms with Crippen molar-refractivity contribution in [1.82, 2.24) is 34.7 Å². The van der Waals surface area contributed by atoms with Crippen LogP contribution in [0, 0.1) is 6.92 Å². The number of hydrogen-bond acceptors (Lipinski definition) is 8. The lowest BCUT2D eigenvalue weighted by molar-refractivity contribution is -0.140. The van der Waals surface area contributed by atoms with Crippen molar-refractivity contribution in [1.29, 1.82) is 0 Å². The van der Waals surface area contributed by atoms with Crippen molar-refractivity contribution in [2.75, 3.05) is 19.1 Å². The van der Waals surface area contributed by atoms with Gasteiger partial charge in [-0.2, -0.15) is 13.2 Å². The number of methoxy groups -OCH3 is 1. The van der Waals surface area contributed by atoms with E-state index in [1.54, 1.807) is 23.8 Å². The molecule has 9 nitrogen and oxygen atoms in total. The van der Waals surface area contributed by atoms with Gasteiger partial charge in [-0.3, -0.25) is 0 Å². The Balaban J connectivity index is 1.41. The van der Waals surface area contributed by atoms with Gasteiger partial charge >= 0.3 is 6.18 Å². The number of benzene rings is 1. The van der Waals surface area contributed by atoms with Gasteiger partial charge in [0.15, 0.2) is 17.3 Å². The van der Waals surface area contributed by atoms with Crippen LogP contribution in [0.2, 0.25) is 0 Å². The molecule has 0 radical (unpaired) electrons. The monoisotopic (exact) mass is 538 g/mol. The van der Waals surface area contributed by atoms with Crippen LogP contribution in [0.5, 0.6) is 5.88 Å². The molecule has 0 saturated heterocycles. The molecule has 0 aliphatic heterocycles. The van der Waals surface area contributed by atoms with Crippen molar-refractivity contribution in [3.05, 3.63) is 59.4 Å². The quantitative estimate of drug-likeness (QED) is 0.285. The van der Waals surface area contributed by atoms with E-state index < -0.39 is 11.9 Å². The van der Waals surface area contributed by atoms with E-state index in [0.29, 0.717) is 46.8 Å². The number of nitrogens with zero attached hydrogens (tertiary/aromatic N) is 8. The molecule has 1 aliphatic carbocycles. The van der Waals surface area contributed by atoms with Crippen molar-refractivity contribution in [3.63, 3.8) is 0 Å². The molecular weight excluding hydrogens is 509 g/mol. The minimum Gasteiger partial charge on any atom is -0.480 e. The molecule has 1 fully saturated rings. The van der Waals surface area contributed by atoms with Gasteiger partial charge in [-0.05, 0) is 39.2 Å². The van der Waals surface area contributed by atoms with Gasteiger partial charge in [0.05, 0.1) is 12.8 Å². The zero-order valence-electron chi connectivity index (χ0n) is 22.4. The van der Waals surface area contributed by atoms with E-state index in [-0.39, 0.29) is 11.9 Å². The Morgan fingerprint density at radius 3 is 2.41 bits per heavy atom. The Morgan fingerprint density at radius 2 is 1.79 bits per heavy atom. The maximum atomic E-state index is 13.3. The van der Waals surface area contributed by atoms with Crippen molar-refractivity contribution >= 4 is 5.82 Å². The maximum absolute atomic E-state index is 13.3. The Hall–Kier alpha value is -4.09. The second-order valence-corrected chi connectivity index (χ2v) is 9.96. The number of ether oxygens (including phenoxy) is 1. The molecule has 3 heterocycles. The first-order chi connectivity index (χ1) is 18.6. The fraction of sp³-hybridized carbons (Fsp3) is 0.407. The van der Waals surface area contributed by atoms with Gasteiger partial charge in [-0.1, -0.05) is 24.3 Å². The average Bonchev–Trinajstić information content (AvgIpc) is 3.65. The van der Waals surface area contributed by atoms with Crippen molar-refractivity contribution in [2.45, 2.75) is 58.3 Å². The highest BCUT2D eigenvalue weighted by molar-refractivity contribution is 5.67. The minimum absolute atomic E-state index is 0.175. The van der Waals surface area contributed by atoms with E-state index in [2.05, 4.69) is 25.1 Å². The highest BCUT2D eigenvalue weighted by atomic mass is 19.4. The summed E-state index contributed by atoms with van der Waals surface area (Å²) in [5.74, 6) is 2.07. The Kier molecular flexibility index (Phi) is 6.96. The molecule has 0 atom stereocenters. The number of hydrogen-bond donors (Lipinski definition) is 0. The molecule has 4 aromatic rings. The highest BCUT2D eigenvalue weighted by Crippen LogP contribution is 2.45. The van der Waals surface area contributed by atoms with Crippen LogP contribution in [-0.2, 0) is 12.7 Å². The third-order valence-corrected chi connectivity index (χ3v) is 6.63. The summed E-state index contributed by atoms with van der Waals surface area (Å²) >= 11 is 0. The second kappa shape index (κ2) is 10.2.